The number of carbonyl (C=O) groups is 1. The van der Waals surface area contributed by atoms with Gasteiger partial charge < -0.3 is 19.6 Å². The molecule has 0 aliphatic rings. The maximum atomic E-state index is 12.2. The van der Waals surface area contributed by atoms with Gasteiger partial charge in [-0.25, -0.2) is 4.98 Å². The highest BCUT2D eigenvalue weighted by molar-refractivity contribution is 6.32. The molecule has 3 aromatic carbocycles. The quantitative estimate of drug-likeness (QED) is 0.444. The second-order valence-electron chi connectivity index (χ2n) is 6.49. The molecule has 0 atom stereocenters. The van der Waals surface area contributed by atoms with E-state index in [1.54, 1.807) is 36.4 Å². The first-order valence-corrected chi connectivity index (χ1v) is 9.25. The Morgan fingerprint density at radius 2 is 2.00 bits per heavy atom. The summed E-state index contributed by atoms with van der Waals surface area (Å²) < 4.78 is 11.2. The number of benzene rings is 3. The van der Waals surface area contributed by atoms with Crippen LogP contribution in [0.25, 0.3) is 22.6 Å². The number of anilines is 1. The lowest BCUT2D eigenvalue weighted by atomic mass is 10.1. The van der Waals surface area contributed by atoms with Crippen LogP contribution in [0.3, 0.4) is 0 Å². The lowest BCUT2D eigenvalue weighted by Crippen LogP contribution is -2.20. The number of nitrogens with zero attached hydrogens (tertiary/aromatic N) is 1. The van der Waals surface area contributed by atoms with Crippen LogP contribution >= 0.6 is 11.6 Å². The first kappa shape index (κ1) is 18.8. The topological polar surface area (TPSA) is 84.6 Å². The molecule has 6 nitrogen and oxygen atoms in total. The number of aryl methyl sites for hydroxylation is 1. The zero-order chi connectivity index (χ0) is 20.4. The molecule has 4 rings (SSSR count). The molecule has 4 aromatic rings. The highest BCUT2D eigenvalue weighted by atomic mass is 35.5. The Morgan fingerprint density at radius 1 is 1.17 bits per heavy atom. The average Bonchev–Trinajstić information content (AvgIpc) is 3.11. The van der Waals surface area contributed by atoms with E-state index < -0.39 is 0 Å². The molecule has 0 aliphatic heterocycles. The number of nitrogens with one attached hydrogen (secondary N) is 1. The maximum Gasteiger partial charge on any atom is 0.262 e. The van der Waals surface area contributed by atoms with Gasteiger partial charge in [-0.3, -0.25) is 4.79 Å². The van der Waals surface area contributed by atoms with Crippen LogP contribution in [-0.2, 0) is 4.79 Å². The molecule has 146 valence electrons. The van der Waals surface area contributed by atoms with Crippen molar-refractivity contribution in [1.82, 2.24) is 4.98 Å². The van der Waals surface area contributed by atoms with Crippen molar-refractivity contribution < 1.29 is 19.1 Å². The number of carbonyl (C=O) groups excluding carboxylic acids is 1. The SMILES string of the molecule is Cc1ccc2oc(-c3cc(NC(=O)COc4ccccc4Cl)ccc3O)nc2c1. The van der Waals surface area contributed by atoms with Crippen molar-refractivity contribution >= 4 is 34.3 Å². The second kappa shape index (κ2) is 7.85. The third kappa shape index (κ3) is 4.17. The maximum absolute atomic E-state index is 12.2. The van der Waals surface area contributed by atoms with Crippen molar-refractivity contribution in [2.75, 3.05) is 11.9 Å². The molecule has 0 bridgehead atoms. The van der Waals surface area contributed by atoms with Gasteiger partial charge in [0.2, 0.25) is 5.89 Å². The van der Waals surface area contributed by atoms with Crippen molar-refractivity contribution in [2.24, 2.45) is 0 Å². The van der Waals surface area contributed by atoms with Gasteiger partial charge in [0.05, 0.1) is 10.6 Å². The standard InChI is InChI=1S/C22H17ClN2O4/c1-13-6-9-20-17(10-13)25-22(29-20)15-11-14(7-8-18(15)26)24-21(27)12-28-19-5-3-2-4-16(19)23/h2-11,26H,12H2,1H3,(H,24,27). The fraction of sp³-hybridized carbons (Fsp3) is 0.0909. The number of hydrogen-bond donors (Lipinski definition) is 2. The van der Waals surface area contributed by atoms with Gasteiger partial charge in [0.25, 0.3) is 5.91 Å². The minimum Gasteiger partial charge on any atom is -0.507 e. The largest absolute Gasteiger partial charge is 0.507 e. The normalized spacial score (nSPS) is 10.8. The molecule has 29 heavy (non-hydrogen) atoms. The van der Waals surface area contributed by atoms with E-state index in [0.29, 0.717) is 33.1 Å². The number of fused-ring (bicyclic) bond motifs is 1. The summed E-state index contributed by atoms with van der Waals surface area (Å²) in [5.41, 5.74) is 3.23. The summed E-state index contributed by atoms with van der Waals surface area (Å²) in [6, 6.07) is 17.2. The summed E-state index contributed by atoms with van der Waals surface area (Å²) in [7, 11) is 0. The average molecular weight is 409 g/mol. The van der Waals surface area contributed by atoms with E-state index >= 15 is 0 Å². The Hall–Kier alpha value is -3.51. The summed E-state index contributed by atoms with van der Waals surface area (Å²) in [6.45, 7) is 1.76. The zero-order valence-corrected chi connectivity index (χ0v) is 16.2. The lowest BCUT2D eigenvalue weighted by Gasteiger charge is -2.09. The van der Waals surface area contributed by atoms with Gasteiger partial charge in [0, 0.05) is 5.69 Å². The molecule has 0 radical (unpaired) electrons. The van der Waals surface area contributed by atoms with Crippen LogP contribution in [0, 0.1) is 6.92 Å². The van der Waals surface area contributed by atoms with Crippen molar-refractivity contribution in [2.45, 2.75) is 6.92 Å². The van der Waals surface area contributed by atoms with Crippen LogP contribution in [0.1, 0.15) is 5.56 Å². The third-order valence-corrected chi connectivity index (χ3v) is 4.56. The van der Waals surface area contributed by atoms with Crippen molar-refractivity contribution in [3.63, 3.8) is 0 Å². The Bertz CT molecular complexity index is 1200. The van der Waals surface area contributed by atoms with Crippen LogP contribution in [-0.4, -0.2) is 22.6 Å². The fourth-order valence-corrected chi connectivity index (χ4v) is 3.03. The second-order valence-corrected chi connectivity index (χ2v) is 6.90. The van der Waals surface area contributed by atoms with Crippen LogP contribution in [0.15, 0.2) is 65.1 Å². The lowest BCUT2D eigenvalue weighted by molar-refractivity contribution is -0.118. The molecular formula is C22H17ClN2O4. The molecule has 2 N–H and O–H groups in total. The molecule has 0 saturated carbocycles. The molecule has 0 spiro atoms. The predicted molar refractivity (Wildman–Crippen MR) is 111 cm³/mol. The van der Waals surface area contributed by atoms with E-state index in [1.807, 2.05) is 25.1 Å². The van der Waals surface area contributed by atoms with E-state index in [9.17, 15) is 9.90 Å². The zero-order valence-electron chi connectivity index (χ0n) is 15.5. The summed E-state index contributed by atoms with van der Waals surface area (Å²) >= 11 is 6.02. The Morgan fingerprint density at radius 3 is 2.83 bits per heavy atom. The van der Waals surface area contributed by atoms with Crippen LogP contribution in [0.4, 0.5) is 5.69 Å². The van der Waals surface area contributed by atoms with Gasteiger partial charge in [-0.05, 0) is 55.0 Å². The van der Waals surface area contributed by atoms with Crippen molar-refractivity contribution in [3.05, 3.63) is 71.2 Å². The molecule has 0 fully saturated rings. The number of halogens is 1. The van der Waals surface area contributed by atoms with Crippen molar-refractivity contribution in [1.29, 1.82) is 0 Å². The number of phenolic OH excluding ortho intramolecular Hbond substituents is 1. The summed E-state index contributed by atoms with van der Waals surface area (Å²) in [5, 5.41) is 13.4. The van der Waals surface area contributed by atoms with Gasteiger partial charge in [-0.2, -0.15) is 0 Å². The fourth-order valence-electron chi connectivity index (χ4n) is 2.84. The Kier molecular flexibility index (Phi) is 5.10. The first-order chi connectivity index (χ1) is 14.0. The minimum atomic E-state index is -0.366. The molecule has 0 saturated heterocycles. The number of hydrogen-bond acceptors (Lipinski definition) is 5. The van der Waals surface area contributed by atoms with Gasteiger partial charge in [0.1, 0.15) is 17.0 Å². The van der Waals surface area contributed by atoms with Gasteiger partial charge >= 0.3 is 0 Å². The number of aromatic nitrogens is 1. The number of aromatic hydroxyl groups is 1. The van der Waals surface area contributed by atoms with E-state index in [4.69, 9.17) is 20.8 Å². The number of oxazole rings is 1. The van der Waals surface area contributed by atoms with Gasteiger partial charge in [-0.1, -0.05) is 29.8 Å². The van der Waals surface area contributed by atoms with E-state index in [-0.39, 0.29) is 24.2 Å². The van der Waals surface area contributed by atoms with Crippen LogP contribution in [0.5, 0.6) is 11.5 Å². The number of ether oxygens (including phenoxy) is 1. The smallest absolute Gasteiger partial charge is 0.262 e. The predicted octanol–water partition coefficient (Wildman–Crippen LogP) is 5.18. The minimum absolute atomic E-state index is 0.00130. The van der Waals surface area contributed by atoms with E-state index in [2.05, 4.69) is 10.3 Å². The molecule has 1 aromatic heterocycles. The molecule has 1 amide bonds. The van der Waals surface area contributed by atoms with Gasteiger partial charge in [-0.15, -0.1) is 0 Å². The summed E-state index contributed by atoms with van der Waals surface area (Å²) in [4.78, 5) is 16.7. The molecule has 1 heterocycles. The highest BCUT2D eigenvalue weighted by Crippen LogP contribution is 2.33. The Labute approximate surface area is 171 Å². The summed E-state index contributed by atoms with van der Waals surface area (Å²) in [6.07, 6.45) is 0. The van der Waals surface area contributed by atoms with Crippen LogP contribution in [0.2, 0.25) is 5.02 Å². The summed E-state index contributed by atoms with van der Waals surface area (Å²) in [5.74, 6) is 0.331. The number of amides is 1. The van der Waals surface area contributed by atoms with E-state index in [1.165, 1.54) is 6.07 Å². The monoisotopic (exact) mass is 408 g/mol. The molecular weight excluding hydrogens is 392 g/mol. The highest BCUT2D eigenvalue weighted by Gasteiger charge is 2.14. The van der Waals surface area contributed by atoms with Gasteiger partial charge in [0.15, 0.2) is 12.2 Å². The van der Waals surface area contributed by atoms with Crippen molar-refractivity contribution in [3.8, 4) is 23.0 Å². The van der Waals surface area contributed by atoms with Crippen LogP contribution < -0.4 is 10.1 Å². The van der Waals surface area contributed by atoms with E-state index in [0.717, 1.165) is 5.56 Å². The number of rotatable bonds is 5. The molecule has 0 unspecified atom stereocenters. The first-order valence-electron chi connectivity index (χ1n) is 8.87. The third-order valence-electron chi connectivity index (χ3n) is 4.25. The number of phenols is 1. The number of para-hydroxylation sites is 1. The Balaban J connectivity index is 1.51. The molecule has 7 heteroatoms. The molecule has 0 aliphatic carbocycles.